The maximum Gasteiger partial charge on any atom is 0.126 e. The summed E-state index contributed by atoms with van der Waals surface area (Å²) in [6, 6.07) is 3.73. The lowest BCUT2D eigenvalue weighted by Gasteiger charge is -2.14. The number of aliphatic hydroxyl groups excluding tert-OH is 1. The molecule has 16 heavy (non-hydrogen) atoms. The third-order valence-electron chi connectivity index (χ3n) is 2.49. The highest BCUT2D eigenvalue weighted by atomic mass is 16.5. The molecule has 0 aromatic carbocycles. The normalized spacial score (nSPS) is 15.7. The van der Waals surface area contributed by atoms with Gasteiger partial charge in [0, 0.05) is 12.7 Å². The first-order valence-corrected chi connectivity index (χ1v) is 5.44. The van der Waals surface area contributed by atoms with Crippen LogP contribution in [-0.4, -0.2) is 29.8 Å². The van der Waals surface area contributed by atoms with E-state index in [4.69, 9.17) is 9.84 Å². The van der Waals surface area contributed by atoms with Crippen LogP contribution in [0.2, 0.25) is 0 Å². The number of rotatable bonds is 4. The second-order valence-electron chi connectivity index (χ2n) is 3.77. The van der Waals surface area contributed by atoms with Crippen molar-refractivity contribution >= 4 is 5.82 Å². The molecule has 1 aliphatic heterocycles. The van der Waals surface area contributed by atoms with E-state index in [0.717, 1.165) is 31.0 Å². The van der Waals surface area contributed by atoms with Crippen LogP contribution in [0.25, 0.3) is 0 Å². The SMILES string of the molecule is OCc1ccc(NCC2=CCCOC2)nc1. The quantitative estimate of drug-likeness (QED) is 0.752. The van der Waals surface area contributed by atoms with Crippen molar-refractivity contribution in [3.05, 3.63) is 35.5 Å². The van der Waals surface area contributed by atoms with E-state index in [0.29, 0.717) is 6.61 Å². The molecule has 0 aliphatic carbocycles. The maximum absolute atomic E-state index is 8.88. The van der Waals surface area contributed by atoms with Crippen molar-refractivity contribution in [3.8, 4) is 0 Å². The molecule has 0 atom stereocenters. The van der Waals surface area contributed by atoms with Gasteiger partial charge in [-0.1, -0.05) is 12.1 Å². The van der Waals surface area contributed by atoms with Gasteiger partial charge in [0.25, 0.3) is 0 Å². The van der Waals surface area contributed by atoms with Crippen LogP contribution in [0.3, 0.4) is 0 Å². The monoisotopic (exact) mass is 220 g/mol. The average Bonchev–Trinajstić information content (AvgIpc) is 2.38. The molecule has 0 spiro atoms. The highest BCUT2D eigenvalue weighted by molar-refractivity contribution is 5.37. The number of aromatic nitrogens is 1. The Labute approximate surface area is 95.0 Å². The molecule has 4 nitrogen and oxygen atoms in total. The summed E-state index contributed by atoms with van der Waals surface area (Å²) in [5, 5.41) is 12.1. The van der Waals surface area contributed by atoms with E-state index in [-0.39, 0.29) is 6.61 Å². The number of ether oxygens (including phenoxy) is 1. The van der Waals surface area contributed by atoms with Crippen molar-refractivity contribution in [3.63, 3.8) is 0 Å². The zero-order valence-electron chi connectivity index (χ0n) is 9.15. The van der Waals surface area contributed by atoms with E-state index >= 15 is 0 Å². The van der Waals surface area contributed by atoms with Gasteiger partial charge in [-0.3, -0.25) is 0 Å². The number of anilines is 1. The van der Waals surface area contributed by atoms with E-state index in [9.17, 15) is 0 Å². The fraction of sp³-hybridized carbons (Fsp3) is 0.417. The molecular weight excluding hydrogens is 204 g/mol. The van der Waals surface area contributed by atoms with Gasteiger partial charge in [0.15, 0.2) is 0 Å². The molecule has 2 heterocycles. The number of nitrogens with zero attached hydrogens (tertiary/aromatic N) is 1. The molecule has 1 aromatic rings. The van der Waals surface area contributed by atoms with Gasteiger partial charge in [0.05, 0.1) is 19.8 Å². The van der Waals surface area contributed by atoms with Crippen LogP contribution >= 0.6 is 0 Å². The van der Waals surface area contributed by atoms with Gasteiger partial charge in [0.1, 0.15) is 5.82 Å². The molecule has 0 bridgehead atoms. The fourth-order valence-electron chi connectivity index (χ4n) is 1.56. The molecule has 0 amide bonds. The summed E-state index contributed by atoms with van der Waals surface area (Å²) >= 11 is 0. The fourth-order valence-corrected chi connectivity index (χ4v) is 1.56. The second kappa shape index (κ2) is 5.63. The standard InChI is InChI=1S/C12H16N2O2/c15-8-10-3-4-12(13-6-10)14-7-11-2-1-5-16-9-11/h2-4,6,15H,1,5,7-9H2,(H,13,14). The highest BCUT2D eigenvalue weighted by Gasteiger charge is 2.03. The summed E-state index contributed by atoms with van der Waals surface area (Å²) in [7, 11) is 0. The minimum Gasteiger partial charge on any atom is -0.392 e. The lowest BCUT2D eigenvalue weighted by atomic mass is 10.2. The molecule has 0 radical (unpaired) electrons. The smallest absolute Gasteiger partial charge is 0.126 e. The van der Waals surface area contributed by atoms with Crippen molar-refractivity contribution in [1.82, 2.24) is 4.98 Å². The van der Waals surface area contributed by atoms with Gasteiger partial charge in [-0.05, 0) is 23.6 Å². The molecule has 86 valence electrons. The highest BCUT2D eigenvalue weighted by Crippen LogP contribution is 2.09. The van der Waals surface area contributed by atoms with E-state index in [1.165, 1.54) is 5.57 Å². The topological polar surface area (TPSA) is 54.4 Å². The minimum absolute atomic E-state index is 0.0340. The summed E-state index contributed by atoms with van der Waals surface area (Å²) < 4.78 is 5.35. The zero-order chi connectivity index (χ0) is 11.2. The summed E-state index contributed by atoms with van der Waals surface area (Å²) in [4.78, 5) is 4.19. The molecule has 1 aliphatic rings. The van der Waals surface area contributed by atoms with E-state index in [1.807, 2.05) is 12.1 Å². The minimum atomic E-state index is 0.0340. The maximum atomic E-state index is 8.88. The first-order chi connectivity index (χ1) is 7.88. The predicted molar refractivity (Wildman–Crippen MR) is 62.2 cm³/mol. The lowest BCUT2D eigenvalue weighted by Crippen LogP contribution is -2.14. The summed E-state index contributed by atoms with van der Waals surface area (Å²) in [5.41, 5.74) is 2.09. The summed E-state index contributed by atoms with van der Waals surface area (Å²) in [6.45, 7) is 2.34. The van der Waals surface area contributed by atoms with Gasteiger partial charge in [-0.15, -0.1) is 0 Å². The molecule has 0 unspecified atom stereocenters. The third-order valence-corrected chi connectivity index (χ3v) is 2.49. The van der Waals surface area contributed by atoms with Crippen LogP contribution in [0.1, 0.15) is 12.0 Å². The van der Waals surface area contributed by atoms with Gasteiger partial charge >= 0.3 is 0 Å². The van der Waals surface area contributed by atoms with Crippen LogP contribution in [0, 0.1) is 0 Å². The Morgan fingerprint density at radius 3 is 3.00 bits per heavy atom. The van der Waals surface area contributed by atoms with Crippen molar-refractivity contribution in [2.24, 2.45) is 0 Å². The van der Waals surface area contributed by atoms with Gasteiger partial charge in [-0.25, -0.2) is 4.98 Å². The largest absolute Gasteiger partial charge is 0.392 e. The Morgan fingerprint density at radius 2 is 2.38 bits per heavy atom. The zero-order valence-corrected chi connectivity index (χ0v) is 9.15. The Morgan fingerprint density at radius 1 is 1.44 bits per heavy atom. The third kappa shape index (κ3) is 3.05. The van der Waals surface area contributed by atoms with Crippen LogP contribution in [-0.2, 0) is 11.3 Å². The molecule has 4 heteroatoms. The van der Waals surface area contributed by atoms with Crippen LogP contribution in [0.15, 0.2) is 30.0 Å². The molecule has 1 aromatic heterocycles. The summed E-state index contributed by atoms with van der Waals surface area (Å²) in [6.07, 6.45) is 4.88. The van der Waals surface area contributed by atoms with Crippen LogP contribution < -0.4 is 5.32 Å². The predicted octanol–water partition coefficient (Wildman–Crippen LogP) is 1.33. The van der Waals surface area contributed by atoms with Crippen LogP contribution in [0.5, 0.6) is 0 Å². The van der Waals surface area contributed by atoms with Crippen molar-refractivity contribution in [1.29, 1.82) is 0 Å². The molecule has 0 saturated carbocycles. The Balaban J connectivity index is 1.86. The first kappa shape index (κ1) is 11.1. The number of pyridine rings is 1. The number of nitrogens with one attached hydrogen (secondary N) is 1. The number of aliphatic hydroxyl groups is 1. The molecular formula is C12H16N2O2. The van der Waals surface area contributed by atoms with E-state index < -0.39 is 0 Å². The Bertz CT molecular complexity index is 360. The lowest BCUT2D eigenvalue weighted by molar-refractivity contribution is 0.150. The number of hydrogen-bond donors (Lipinski definition) is 2. The molecule has 2 N–H and O–H groups in total. The van der Waals surface area contributed by atoms with Gasteiger partial charge < -0.3 is 15.2 Å². The molecule has 0 fully saturated rings. The first-order valence-electron chi connectivity index (χ1n) is 5.44. The molecule has 2 rings (SSSR count). The number of hydrogen-bond acceptors (Lipinski definition) is 4. The van der Waals surface area contributed by atoms with Crippen molar-refractivity contribution in [2.45, 2.75) is 13.0 Å². The van der Waals surface area contributed by atoms with Crippen LogP contribution in [0.4, 0.5) is 5.82 Å². The Kier molecular flexibility index (Phi) is 3.91. The molecule has 0 saturated heterocycles. The van der Waals surface area contributed by atoms with Crippen molar-refractivity contribution < 1.29 is 9.84 Å². The van der Waals surface area contributed by atoms with E-state index in [1.54, 1.807) is 6.20 Å². The summed E-state index contributed by atoms with van der Waals surface area (Å²) in [5.74, 6) is 0.823. The van der Waals surface area contributed by atoms with Gasteiger partial charge in [-0.2, -0.15) is 0 Å². The van der Waals surface area contributed by atoms with E-state index in [2.05, 4.69) is 16.4 Å². The van der Waals surface area contributed by atoms with Crippen molar-refractivity contribution in [2.75, 3.05) is 25.1 Å². The second-order valence-corrected chi connectivity index (χ2v) is 3.77. The Hall–Kier alpha value is -1.39. The average molecular weight is 220 g/mol. The van der Waals surface area contributed by atoms with Gasteiger partial charge in [0.2, 0.25) is 0 Å².